The van der Waals surface area contributed by atoms with Gasteiger partial charge >= 0.3 is 16.3 Å². The SMILES string of the molecule is Cc1c(CF)nn(Cc2ccc(S(F)(F)(F)(F)F)cc2)c1NC(=O)NC=O. The van der Waals surface area contributed by atoms with E-state index < -0.39 is 27.8 Å². The average Bonchev–Trinajstić information content (AvgIpc) is 2.82. The lowest BCUT2D eigenvalue weighted by molar-refractivity contribution is -0.108. The smallest absolute Gasteiger partial charge is 0.292 e. The van der Waals surface area contributed by atoms with E-state index in [9.17, 15) is 33.4 Å². The highest BCUT2D eigenvalue weighted by Crippen LogP contribution is 3.02. The monoisotopic (exact) mass is 416 g/mol. The number of halogens is 6. The molecular weight excluding hydrogens is 402 g/mol. The number of carbonyl (C=O) groups is 2. The van der Waals surface area contributed by atoms with Gasteiger partial charge < -0.3 is 0 Å². The van der Waals surface area contributed by atoms with E-state index in [-0.39, 0.29) is 47.7 Å². The molecule has 0 atom stereocenters. The number of nitrogens with one attached hydrogen (secondary N) is 2. The summed E-state index contributed by atoms with van der Waals surface area (Å²) in [5.41, 5.74) is 0.342. The van der Waals surface area contributed by atoms with Gasteiger partial charge in [-0.05, 0) is 24.6 Å². The van der Waals surface area contributed by atoms with Crippen molar-refractivity contribution in [2.24, 2.45) is 0 Å². The highest BCUT2D eigenvalue weighted by Gasteiger charge is 2.65. The number of anilines is 1. The summed E-state index contributed by atoms with van der Waals surface area (Å²) in [5, 5.41) is 7.95. The molecule has 0 unspecified atom stereocenters. The Morgan fingerprint density at radius 1 is 1.19 bits per heavy atom. The van der Waals surface area contributed by atoms with Crippen molar-refractivity contribution in [3.8, 4) is 0 Å². The van der Waals surface area contributed by atoms with Gasteiger partial charge in [0.05, 0.1) is 12.2 Å². The quantitative estimate of drug-likeness (QED) is 0.532. The minimum absolute atomic E-state index is 0.00112. The molecule has 1 aromatic heterocycles. The zero-order valence-electron chi connectivity index (χ0n) is 13.7. The predicted octanol–water partition coefficient (Wildman–Crippen LogP) is 4.64. The van der Waals surface area contributed by atoms with E-state index in [1.807, 2.05) is 0 Å². The van der Waals surface area contributed by atoms with Crippen molar-refractivity contribution in [2.45, 2.75) is 25.0 Å². The van der Waals surface area contributed by atoms with E-state index in [4.69, 9.17) is 0 Å². The van der Waals surface area contributed by atoms with E-state index in [0.29, 0.717) is 0 Å². The number of amides is 3. The van der Waals surface area contributed by atoms with Crippen molar-refractivity contribution >= 4 is 28.5 Å². The molecule has 0 aliphatic rings. The van der Waals surface area contributed by atoms with E-state index in [1.54, 1.807) is 5.32 Å². The molecule has 0 fully saturated rings. The molecule has 13 heteroatoms. The van der Waals surface area contributed by atoms with Gasteiger partial charge in [-0.15, -0.1) is 0 Å². The summed E-state index contributed by atoms with van der Waals surface area (Å²) in [7, 11) is -9.78. The summed E-state index contributed by atoms with van der Waals surface area (Å²) in [6, 6.07) is 1.21. The molecule has 0 aliphatic carbocycles. The fourth-order valence-corrected chi connectivity index (χ4v) is 2.87. The Labute approximate surface area is 149 Å². The fraction of sp³-hybridized carbons (Fsp3) is 0.214. The molecule has 27 heavy (non-hydrogen) atoms. The highest BCUT2D eigenvalue weighted by atomic mass is 32.5. The lowest BCUT2D eigenvalue weighted by Gasteiger charge is -2.40. The summed E-state index contributed by atoms with van der Waals surface area (Å²) in [6.07, 6.45) is 0.111. The number of imide groups is 1. The maximum Gasteiger partial charge on any atom is 0.326 e. The molecule has 0 radical (unpaired) electrons. The first kappa shape index (κ1) is 20.6. The van der Waals surface area contributed by atoms with Crippen molar-refractivity contribution in [3.05, 3.63) is 41.1 Å². The molecule has 1 aromatic carbocycles. The van der Waals surface area contributed by atoms with E-state index >= 15 is 0 Å². The summed E-state index contributed by atoms with van der Waals surface area (Å²) in [6.45, 7) is 0.219. The molecule has 0 aliphatic heterocycles. The number of hydrogen-bond donors (Lipinski definition) is 2. The van der Waals surface area contributed by atoms with Gasteiger partial charge in [0.25, 0.3) is 0 Å². The van der Waals surface area contributed by atoms with Crippen LogP contribution in [-0.2, 0) is 18.0 Å². The van der Waals surface area contributed by atoms with E-state index in [0.717, 1.165) is 16.8 Å². The first-order valence-corrected chi connectivity index (χ1v) is 9.16. The Kier molecular flexibility index (Phi) is 4.72. The molecular formula is C14H14F6N4O2S. The Morgan fingerprint density at radius 2 is 1.78 bits per heavy atom. The van der Waals surface area contributed by atoms with Gasteiger partial charge in [0.15, 0.2) is 0 Å². The van der Waals surface area contributed by atoms with Gasteiger partial charge in [0.2, 0.25) is 6.41 Å². The van der Waals surface area contributed by atoms with Crippen molar-refractivity contribution in [3.63, 3.8) is 0 Å². The van der Waals surface area contributed by atoms with Gasteiger partial charge in [-0.25, -0.2) is 13.9 Å². The average molecular weight is 416 g/mol. The van der Waals surface area contributed by atoms with Crippen LogP contribution in [0.2, 0.25) is 0 Å². The second-order valence-corrected chi connectivity index (χ2v) is 7.95. The molecule has 0 saturated carbocycles. The molecule has 0 bridgehead atoms. The minimum atomic E-state index is -9.78. The van der Waals surface area contributed by atoms with Crippen LogP contribution < -0.4 is 10.6 Å². The standard InChI is InChI=1S/C14H14F6N4O2S/c1-9-12(6-15)23-24(13(9)22-14(26)21-8-25)7-10-2-4-11(5-3-10)27(16,17,18,19)20/h2-5,8H,6-7H2,1H3,(H2,21,22,25,26). The second kappa shape index (κ2) is 6.18. The Hall–Kier alpha value is -2.70. The number of aromatic nitrogens is 2. The topological polar surface area (TPSA) is 76.0 Å². The predicted molar refractivity (Wildman–Crippen MR) is 86.9 cm³/mol. The van der Waals surface area contributed by atoms with Crippen LogP contribution in [0.1, 0.15) is 16.8 Å². The maximum atomic E-state index is 13.0. The van der Waals surface area contributed by atoms with Crippen LogP contribution in [0.5, 0.6) is 0 Å². The van der Waals surface area contributed by atoms with Crippen molar-refractivity contribution < 1.29 is 33.4 Å². The molecule has 0 saturated heterocycles. The van der Waals surface area contributed by atoms with Crippen molar-refractivity contribution in [1.29, 1.82) is 0 Å². The van der Waals surface area contributed by atoms with Crippen LogP contribution in [0, 0.1) is 6.92 Å². The third kappa shape index (κ3) is 4.93. The number of carbonyl (C=O) groups excluding carboxylic acids is 2. The van der Waals surface area contributed by atoms with Gasteiger partial charge in [-0.1, -0.05) is 31.6 Å². The zero-order valence-corrected chi connectivity index (χ0v) is 14.5. The first-order chi connectivity index (χ1) is 12.2. The third-order valence-corrected chi connectivity index (χ3v) is 4.70. The molecule has 1 heterocycles. The summed E-state index contributed by atoms with van der Waals surface area (Å²) < 4.78 is 77.8. The van der Waals surface area contributed by atoms with Gasteiger partial charge in [-0.3, -0.25) is 15.4 Å². The molecule has 2 N–H and O–H groups in total. The molecule has 6 nitrogen and oxygen atoms in total. The first-order valence-electron chi connectivity index (χ1n) is 7.21. The van der Waals surface area contributed by atoms with Gasteiger partial charge in [0, 0.05) is 5.56 Å². The lowest BCUT2D eigenvalue weighted by atomic mass is 10.2. The van der Waals surface area contributed by atoms with Gasteiger partial charge in [-0.2, -0.15) is 5.10 Å². The zero-order chi connectivity index (χ0) is 20.5. The van der Waals surface area contributed by atoms with Crippen LogP contribution in [0.25, 0.3) is 0 Å². The number of benzene rings is 1. The fourth-order valence-electron chi connectivity index (χ4n) is 2.22. The maximum absolute atomic E-state index is 13.0. The normalized spacial score (nSPS) is 14.2. The molecule has 0 spiro atoms. The number of hydrogen-bond acceptors (Lipinski definition) is 3. The van der Waals surface area contributed by atoms with E-state index in [2.05, 4.69) is 10.4 Å². The number of alkyl halides is 1. The van der Waals surface area contributed by atoms with Crippen molar-refractivity contribution in [1.82, 2.24) is 15.1 Å². The third-order valence-electron chi connectivity index (χ3n) is 3.54. The number of rotatable bonds is 6. The van der Waals surface area contributed by atoms with Crippen molar-refractivity contribution in [2.75, 3.05) is 5.32 Å². The molecule has 150 valence electrons. The Balaban J connectivity index is 2.34. The number of nitrogens with zero attached hydrogens (tertiary/aromatic N) is 2. The van der Waals surface area contributed by atoms with Crippen LogP contribution in [0.3, 0.4) is 0 Å². The molecule has 3 amide bonds. The minimum Gasteiger partial charge on any atom is -0.292 e. The summed E-state index contributed by atoms with van der Waals surface area (Å²) in [5.74, 6) is -0.00112. The van der Waals surface area contributed by atoms with Crippen LogP contribution in [-0.4, -0.2) is 22.2 Å². The summed E-state index contributed by atoms with van der Waals surface area (Å²) >= 11 is 0. The Bertz CT molecular complexity index is 880. The lowest BCUT2D eigenvalue weighted by Crippen LogP contribution is -2.28. The summed E-state index contributed by atoms with van der Waals surface area (Å²) in [4.78, 5) is 19.7. The van der Waals surface area contributed by atoms with Crippen LogP contribution >= 0.6 is 10.2 Å². The van der Waals surface area contributed by atoms with E-state index in [1.165, 1.54) is 6.92 Å². The molecule has 2 rings (SSSR count). The van der Waals surface area contributed by atoms with Crippen LogP contribution in [0.4, 0.5) is 34.4 Å². The second-order valence-electron chi connectivity index (χ2n) is 5.54. The van der Waals surface area contributed by atoms with Crippen LogP contribution in [0.15, 0.2) is 29.2 Å². The molecule has 2 aromatic rings. The largest absolute Gasteiger partial charge is 0.326 e. The van der Waals surface area contributed by atoms with Gasteiger partial charge in [0.1, 0.15) is 17.4 Å². The number of urea groups is 1. The highest BCUT2D eigenvalue weighted by molar-refractivity contribution is 8.45. The Morgan fingerprint density at radius 3 is 2.26 bits per heavy atom.